The van der Waals surface area contributed by atoms with Crippen LogP contribution in [0.25, 0.3) is 0 Å². The first-order valence-electron chi connectivity index (χ1n) is 5.89. The second kappa shape index (κ2) is 5.23. The maximum atomic E-state index is 5.64. The minimum absolute atomic E-state index is 0.325. The lowest BCUT2D eigenvalue weighted by atomic mass is 10.00. The molecule has 1 atom stereocenters. The van der Waals surface area contributed by atoms with Gasteiger partial charge in [0.1, 0.15) is 11.5 Å². The molecule has 1 aromatic carbocycles. The maximum absolute atomic E-state index is 5.64. The van der Waals surface area contributed by atoms with Crippen LogP contribution in [0.5, 0.6) is 11.5 Å². The van der Waals surface area contributed by atoms with Gasteiger partial charge in [0.2, 0.25) is 0 Å². The molecule has 0 bridgehead atoms. The van der Waals surface area contributed by atoms with Crippen LogP contribution in [0.2, 0.25) is 0 Å². The van der Waals surface area contributed by atoms with Gasteiger partial charge in [-0.25, -0.2) is 0 Å². The lowest BCUT2D eigenvalue weighted by Crippen LogP contribution is -2.28. The Morgan fingerprint density at radius 3 is 3.12 bits per heavy atom. The van der Waals surface area contributed by atoms with Gasteiger partial charge in [-0.1, -0.05) is 12.2 Å². The van der Waals surface area contributed by atoms with Crippen molar-refractivity contribution in [1.29, 1.82) is 0 Å². The van der Waals surface area contributed by atoms with Crippen molar-refractivity contribution in [1.82, 2.24) is 5.32 Å². The lowest BCUT2D eigenvalue weighted by molar-refractivity contribution is 0.254. The summed E-state index contributed by atoms with van der Waals surface area (Å²) in [5.74, 6) is 1.83. The van der Waals surface area contributed by atoms with E-state index in [0.29, 0.717) is 6.04 Å². The summed E-state index contributed by atoms with van der Waals surface area (Å²) in [6, 6.07) is 6.28. The highest BCUT2D eigenvalue weighted by molar-refractivity contribution is 5.43. The number of methoxy groups -OCH3 is 1. The second-order valence-corrected chi connectivity index (χ2v) is 4.43. The average Bonchev–Trinajstić information content (AvgIpc) is 2.35. The van der Waals surface area contributed by atoms with Gasteiger partial charge in [-0.05, 0) is 25.1 Å². The molecule has 1 N–H and O–H groups in total. The summed E-state index contributed by atoms with van der Waals surface area (Å²) in [7, 11) is 1.68. The molecule has 0 aromatic heterocycles. The van der Waals surface area contributed by atoms with E-state index in [9.17, 15) is 0 Å². The van der Waals surface area contributed by atoms with Crippen molar-refractivity contribution in [3.8, 4) is 11.5 Å². The number of rotatable bonds is 4. The standard InChI is InChI=1S/C14H19NO2/c1-10(2)9-15-13-6-7-17-14-5-4-11(16-3)8-12(13)14/h4-5,8,13,15H,1,6-7,9H2,2-3H3. The van der Waals surface area contributed by atoms with Crippen LogP contribution in [-0.2, 0) is 0 Å². The summed E-state index contributed by atoms with van der Waals surface area (Å²) in [5.41, 5.74) is 2.32. The van der Waals surface area contributed by atoms with Gasteiger partial charge in [-0.15, -0.1) is 0 Å². The normalized spacial score (nSPS) is 18.1. The number of ether oxygens (including phenoxy) is 2. The number of hydrogen-bond donors (Lipinski definition) is 1. The number of nitrogens with one attached hydrogen (secondary N) is 1. The number of benzene rings is 1. The van der Waals surface area contributed by atoms with Crippen LogP contribution in [0.15, 0.2) is 30.4 Å². The highest BCUT2D eigenvalue weighted by Gasteiger charge is 2.21. The predicted octanol–water partition coefficient (Wildman–Crippen LogP) is 2.68. The van der Waals surface area contributed by atoms with Crippen molar-refractivity contribution in [2.75, 3.05) is 20.3 Å². The van der Waals surface area contributed by atoms with Crippen LogP contribution in [0.1, 0.15) is 24.9 Å². The molecule has 1 aromatic rings. The third-order valence-electron chi connectivity index (χ3n) is 2.91. The average molecular weight is 233 g/mol. The third kappa shape index (κ3) is 2.80. The zero-order valence-electron chi connectivity index (χ0n) is 10.5. The molecule has 0 amide bonds. The van der Waals surface area contributed by atoms with Crippen molar-refractivity contribution >= 4 is 0 Å². The summed E-state index contributed by atoms with van der Waals surface area (Å²) < 4.78 is 10.9. The van der Waals surface area contributed by atoms with E-state index in [-0.39, 0.29) is 0 Å². The van der Waals surface area contributed by atoms with Crippen molar-refractivity contribution < 1.29 is 9.47 Å². The zero-order chi connectivity index (χ0) is 12.3. The van der Waals surface area contributed by atoms with Crippen molar-refractivity contribution in [3.63, 3.8) is 0 Å². The Bertz CT molecular complexity index is 415. The van der Waals surface area contributed by atoms with Crippen molar-refractivity contribution in [2.45, 2.75) is 19.4 Å². The Labute approximate surface area is 102 Å². The lowest BCUT2D eigenvalue weighted by Gasteiger charge is -2.27. The highest BCUT2D eigenvalue weighted by atomic mass is 16.5. The second-order valence-electron chi connectivity index (χ2n) is 4.43. The first-order chi connectivity index (χ1) is 8.20. The fourth-order valence-electron chi connectivity index (χ4n) is 2.01. The van der Waals surface area contributed by atoms with Crippen LogP contribution < -0.4 is 14.8 Å². The maximum Gasteiger partial charge on any atom is 0.124 e. The molecule has 0 fully saturated rings. The fraction of sp³-hybridized carbons (Fsp3) is 0.429. The highest BCUT2D eigenvalue weighted by Crippen LogP contribution is 2.34. The van der Waals surface area contributed by atoms with Gasteiger partial charge in [-0.2, -0.15) is 0 Å². The molecule has 0 saturated carbocycles. The largest absolute Gasteiger partial charge is 0.497 e. The first-order valence-corrected chi connectivity index (χ1v) is 5.89. The van der Waals surface area contributed by atoms with E-state index in [1.165, 1.54) is 5.56 Å². The van der Waals surface area contributed by atoms with Gasteiger partial charge in [0, 0.05) is 24.6 Å². The summed E-state index contributed by atoms with van der Waals surface area (Å²) in [4.78, 5) is 0. The van der Waals surface area contributed by atoms with E-state index < -0.39 is 0 Å². The molecule has 0 spiro atoms. The van der Waals surface area contributed by atoms with Crippen LogP contribution in [0, 0.1) is 0 Å². The summed E-state index contributed by atoms with van der Waals surface area (Å²) in [6.07, 6.45) is 0.980. The topological polar surface area (TPSA) is 30.5 Å². The van der Waals surface area contributed by atoms with Gasteiger partial charge in [0.15, 0.2) is 0 Å². The Morgan fingerprint density at radius 2 is 2.41 bits per heavy atom. The molecular weight excluding hydrogens is 214 g/mol. The van der Waals surface area contributed by atoms with Crippen LogP contribution in [-0.4, -0.2) is 20.3 Å². The monoisotopic (exact) mass is 233 g/mol. The minimum atomic E-state index is 0.325. The predicted molar refractivity (Wildman–Crippen MR) is 68.7 cm³/mol. The molecule has 1 unspecified atom stereocenters. The Kier molecular flexibility index (Phi) is 3.69. The molecule has 0 aliphatic carbocycles. The van der Waals surface area contributed by atoms with E-state index in [1.807, 2.05) is 25.1 Å². The number of fused-ring (bicyclic) bond motifs is 1. The molecule has 1 aliphatic rings. The molecule has 3 heteroatoms. The molecule has 92 valence electrons. The van der Waals surface area contributed by atoms with Gasteiger partial charge in [-0.3, -0.25) is 0 Å². The van der Waals surface area contributed by atoms with Gasteiger partial charge >= 0.3 is 0 Å². The van der Waals surface area contributed by atoms with Crippen LogP contribution >= 0.6 is 0 Å². The molecule has 0 saturated heterocycles. The fourth-order valence-corrected chi connectivity index (χ4v) is 2.01. The van der Waals surface area contributed by atoms with E-state index in [0.717, 1.165) is 36.6 Å². The minimum Gasteiger partial charge on any atom is -0.497 e. The summed E-state index contributed by atoms with van der Waals surface area (Å²) in [6.45, 7) is 7.53. The molecule has 2 rings (SSSR count). The molecule has 1 heterocycles. The quantitative estimate of drug-likeness (QED) is 0.811. The summed E-state index contributed by atoms with van der Waals surface area (Å²) >= 11 is 0. The summed E-state index contributed by atoms with van der Waals surface area (Å²) in [5, 5.41) is 3.49. The first kappa shape index (κ1) is 12.0. The van der Waals surface area contributed by atoms with E-state index in [1.54, 1.807) is 7.11 Å². The molecule has 17 heavy (non-hydrogen) atoms. The Hall–Kier alpha value is -1.48. The van der Waals surface area contributed by atoms with E-state index in [2.05, 4.69) is 11.9 Å². The van der Waals surface area contributed by atoms with Crippen molar-refractivity contribution in [2.24, 2.45) is 0 Å². The van der Waals surface area contributed by atoms with Crippen LogP contribution in [0.3, 0.4) is 0 Å². The zero-order valence-corrected chi connectivity index (χ0v) is 10.5. The van der Waals surface area contributed by atoms with E-state index >= 15 is 0 Å². The third-order valence-corrected chi connectivity index (χ3v) is 2.91. The van der Waals surface area contributed by atoms with Gasteiger partial charge in [0.05, 0.1) is 13.7 Å². The van der Waals surface area contributed by atoms with Gasteiger partial charge < -0.3 is 14.8 Å². The molecule has 1 aliphatic heterocycles. The molecule has 3 nitrogen and oxygen atoms in total. The molecule has 0 radical (unpaired) electrons. The molecular formula is C14H19NO2. The number of hydrogen-bond acceptors (Lipinski definition) is 3. The smallest absolute Gasteiger partial charge is 0.124 e. The van der Waals surface area contributed by atoms with Gasteiger partial charge in [0.25, 0.3) is 0 Å². The van der Waals surface area contributed by atoms with Crippen molar-refractivity contribution in [3.05, 3.63) is 35.9 Å². The SMILES string of the molecule is C=C(C)CNC1CCOc2ccc(OC)cc21. The van der Waals surface area contributed by atoms with Crippen LogP contribution in [0.4, 0.5) is 0 Å². The Balaban J connectivity index is 2.19. The Morgan fingerprint density at radius 1 is 1.59 bits per heavy atom. The van der Waals surface area contributed by atoms with E-state index in [4.69, 9.17) is 9.47 Å².